The molecule has 0 aliphatic heterocycles. The quantitative estimate of drug-likeness (QED) is 0.412. The smallest absolute Gasteiger partial charge is 0.331 e. The number of urea groups is 1. The number of aromatic amines is 1. The summed E-state index contributed by atoms with van der Waals surface area (Å²) in [6.07, 6.45) is 2.45. The van der Waals surface area contributed by atoms with Crippen LogP contribution in [0.1, 0.15) is 5.56 Å². The Labute approximate surface area is 98.8 Å². The highest BCUT2D eigenvalue weighted by Gasteiger charge is 2.06. The minimum absolute atomic E-state index is 0.285. The van der Waals surface area contributed by atoms with Crippen molar-refractivity contribution in [2.75, 3.05) is 13.6 Å². The molecule has 0 atom stereocenters. The Morgan fingerprint density at radius 1 is 1.59 bits per heavy atom. The van der Waals surface area contributed by atoms with Crippen molar-refractivity contribution in [2.45, 2.75) is 6.42 Å². The maximum Gasteiger partial charge on any atom is 0.331 e. The van der Waals surface area contributed by atoms with Crippen LogP contribution in [0, 0.1) is 0 Å². The molecular formula is C11H15N5O. The van der Waals surface area contributed by atoms with Crippen molar-refractivity contribution in [3.8, 4) is 0 Å². The number of nitrogens with zero attached hydrogens (tertiary/aromatic N) is 2. The number of likely N-dealkylation sites (N-methyl/N-ethyl adjacent to an activating group) is 1. The highest BCUT2D eigenvalue weighted by Crippen LogP contribution is 2.12. The fourth-order valence-electron chi connectivity index (χ4n) is 1.65. The lowest BCUT2D eigenvalue weighted by molar-refractivity contribution is 0.209. The van der Waals surface area contributed by atoms with Gasteiger partial charge in [-0.1, -0.05) is 6.07 Å². The number of benzene rings is 1. The van der Waals surface area contributed by atoms with Gasteiger partial charge in [0.05, 0.1) is 17.4 Å². The monoisotopic (exact) mass is 233 g/mol. The van der Waals surface area contributed by atoms with Gasteiger partial charge in [-0.3, -0.25) is 5.43 Å². The highest BCUT2D eigenvalue weighted by atomic mass is 16.2. The molecule has 4 N–H and O–H groups in total. The summed E-state index contributed by atoms with van der Waals surface area (Å²) >= 11 is 0. The van der Waals surface area contributed by atoms with E-state index in [9.17, 15) is 4.79 Å². The number of rotatable bonds is 3. The molecule has 1 aromatic heterocycles. The topological polar surface area (TPSA) is 87.0 Å². The number of H-pyrrole nitrogens is 1. The van der Waals surface area contributed by atoms with E-state index in [4.69, 9.17) is 5.84 Å². The van der Waals surface area contributed by atoms with Gasteiger partial charge in [-0.2, -0.15) is 0 Å². The van der Waals surface area contributed by atoms with Crippen LogP contribution < -0.4 is 11.3 Å². The molecule has 0 radical (unpaired) electrons. The summed E-state index contributed by atoms with van der Waals surface area (Å²) in [4.78, 5) is 19.9. The minimum Gasteiger partial charge on any atom is -0.345 e. The maximum absolute atomic E-state index is 11.2. The summed E-state index contributed by atoms with van der Waals surface area (Å²) in [7, 11) is 1.71. The SMILES string of the molecule is CN(CCc1ccc2nc[nH]c2c1)C(=O)NN. The number of hydrogen-bond donors (Lipinski definition) is 3. The second kappa shape index (κ2) is 4.84. The van der Waals surface area contributed by atoms with E-state index in [2.05, 4.69) is 15.4 Å². The Kier molecular flexibility index (Phi) is 3.24. The molecule has 0 aliphatic rings. The van der Waals surface area contributed by atoms with Crippen molar-refractivity contribution in [1.29, 1.82) is 0 Å². The van der Waals surface area contributed by atoms with Crippen molar-refractivity contribution in [3.63, 3.8) is 0 Å². The Morgan fingerprint density at radius 2 is 2.41 bits per heavy atom. The number of carbonyl (C=O) groups excluding carboxylic acids is 1. The summed E-state index contributed by atoms with van der Waals surface area (Å²) in [5, 5.41) is 0. The second-order valence-corrected chi connectivity index (χ2v) is 3.88. The van der Waals surface area contributed by atoms with Crippen molar-refractivity contribution in [3.05, 3.63) is 30.1 Å². The molecule has 2 aromatic rings. The Bertz CT molecular complexity index is 521. The first-order valence-electron chi connectivity index (χ1n) is 5.34. The zero-order valence-corrected chi connectivity index (χ0v) is 9.60. The highest BCUT2D eigenvalue weighted by molar-refractivity contribution is 5.75. The standard InChI is InChI=1S/C11H15N5O/c1-16(11(17)15-12)5-4-8-2-3-9-10(6-8)14-7-13-9/h2-3,6-7H,4-5,12H2,1H3,(H,13,14)(H,15,17). The maximum atomic E-state index is 11.2. The van der Waals surface area contributed by atoms with Crippen LogP contribution in [-0.2, 0) is 6.42 Å². The van der Waals surface area contributed by atoms with Crippen LogP contribution in [0.4, 0.5) is 4.79 Å². The number of hydrazine groups is 1. The van der Waals surface area contributed by atoms with Crippen molar-refractivity contribution in [1.82, 2.24) is 20.3 Å². The number of nitrogens with two attached hydrogens (primary N) is 1. The number of fused-ring (bicyclic) bond motifs is 1. The normalized spacial score (nSPS) is 10.5. The average molecular weight is 233 g/mol. The molecule has 0 unspecified atom stereocenters. The summed E-state index contributed by atoms with van der Waals surface area (Å²) < 4.78 is 0. The van der Waals surface area contributed by atoms with Gasteiger partial charge < -0.3 is 9.88 Å². The molecule has 0 saturated heterocycles. The van der Waals surface area contributed by atoms with E-state index in [1.165, 1.54) is 4.90 Å². The van der Waals surface area contributed by atoms with Crippen molar-refractivity contribution in [2.24, 2.45) is 5.84 Å². The first-order valence-corrected chi connectivity index (χ1v) is 5.34. The number of hydrogen-bond acceptors (Lipinski definition) is 3. The van der Waals surface area contributed by atoms with Crippen LogP contribution in [0.3, 0.4) is 0 Å². The third-order valence-corrected chi connectivity index (χ3v) is 2.69. The van der Waals surface area contributed by atoms with Gasteiger partial charge >= 0.3 is 6.03 Å². The Balaban J connectivity index is 2.01. The van der Waals surface area contributed by atoms with Crippen LogP contribution in [0.25, 0.3) is 11.0 Å². The van der Waals surface area contributed by atoms with Gasteiger partial charge in [-0.25, -0.2) is 15.6 Å². The third-order valence-electron chi connectivity index (χ3n) is 2.69. The van der Waals surface area contributed by atoms with Gasteiger partial charge in [0.1, 0.15) is 0 Å². The van der Waals surface area contributed by atoms with Gasteiger partial charge in [0.25, 0.3) is 0 Å². The van der Waals surface area contributed by atoms with Gasteiger partial charge in [0, 0.05) is 13.6 Å². The number of imidazole rings is 1. The van der Waals surface area contributed by atoms with E-state index >= 15 is 0 Å². The Hall–Kier alpha value is -2.08. The van der Waals surface area contributed by atoms with Crippen LogP contribution in [0.15, 0.2) is 24.5 Å². The molecule has 6 nitrogen and oxygen atoms in total. The average Bonchev–Trinajstić information content (AvgIpc) is 2.82. The molecule has 0 spiro atoms. The van der Waals surface area contributed by atoms with E-state index in [-0.39, 0.29) is 6.03 Å². The van der Waals surface area contributed by atoms with Crippen molar-refractivity contribution >= 4 is 17.1 Å². The molecule has 0 fully saturated rings. The fourth-order valence-corrected chi connectivity index (χ4v) is 1.65. The van der Waals surface area contributed by atoms with E-state index in [1.807, 2.05) is 18.2 Å². The van der Waals surface area contributed by atoms with Gasteiger partial charge in [0.2, 0.25) is 0 Å². The van der Waals surface area contributed by atoms with Gasteiger partial charge in [0.15, 0.2) is 0 Å². The molecule has 1 aromatic carbocycles. The van der Waals surface area contributed by atoms with E-state index in [0.29, 0.717) is 6.54 Å². The molecule has 90 valence electrons. The van der Waals surface area contributed by atoms with Gasteiger partial charge in [-0.05, 0) is 24.1 Å². The van der Waals surface area contributed by atoms with Crippen molar-refractivity contribution < 1.29 is 4.79 Å². The molecule has 2 rings (SSSR count). The van der Waals surface area contributed by atoms with E-state index in [1.54, 1.807) is 13.4 Å². The van der Waals surface area contributed by atoms with Gasteiger partial charge in [-0.15, -0.1) is 0 Å². The number of nitrogens with one attached hydrogen (secondary N) is 2. The van der Waals surface area contributed by atoms with E-state index in [0.717, 1.165) is 23.0 Å². The summed E-state index contributed by atoms with van der Waals surface area (Å²) in [5.41, 5.74) is 5.20. The number of amides is 2. The fraction of sp³-hybridized carbons (Fsp3) is 0.273. The molecule has 0 bridgehead atoms. The Morgan fingerprint density at radius 3 is 3.18 bits per heavy atom. The summed E-state index contributed by atoms with van der Waals surface area (Å²) in [5.74, 6) is 5.05. The molecule has 6 heteroatoms. The van der Waals surface area contributed by atoms with Crippen LogP contribution >= 0.6 is 0 Å². The number of carbonyl (C=O) groups is 1. The third kappa shape index (κ3) is 2.54. The lowest BCUT2D eigenvalue weighted by Gasteiger charge is -2.15. The first kappa shape index (κ1) is 11.4. The second-order valence-electron chi connectivity index (χ2n) is 3.88. The minimum atomic E-state index is -0.285. The molecule has 17 heavy (non-hydrogen) atoms. The van der Waals surface area contributed by atoms with E-state index < -0.39 is 0 Å². The van der Waals surface area contributed by atoms with Crippen LogP contribution in [0.5, 0.6) is 0 Å². The lowest BCUT2D eigenvalue weighted by Crippen LogP contribution is -2.41. The number of aromatic nitrogens is 2. The zero-order chi connectivity index (χ0) is 12.3. The molecule has 1 heterocycles. The summed E-state index contributed by atoms with van der Waals surface area (Å²) in [6.45, 7) is 0.614. The zero-order valence-electron chi connectivity index (χ0n) is 9.60. The summed E-state index contributed by atoms with van der Waals surface area (Å²) in [6, 6.07) is 5.73. The molecular weight excluding hydrogens is 218 g/mol. The molecule has 0 saturated carbocycles. The largest absolute Gasteiger partial charge is 0.345 e. The molecule has 2 amide bonds. The predicted molar refractivity (Wildman–Crippen MR) is 65.1 cm³/mol. The van der Waals surface area contributed by atoms with Crippen LogP contribution in [0.2, 0.25) is 0 Å². The first-order chi connectivity index (χ1) is 8.20. The molecule has 0 aliphatic carbocycles. The van der Waals surface area contributed by atoms with Crippen LogP contribution in [-0.4, -0.2) is 34.5 Å². The lowest BCUT2D eigenvalue weighted by atomic mass is 10.1. The predicted octanol–water partition coefficient (Wildman–Crippen LogP) is 0.621.